The van der Waals surface area contributed by atoms with Gasteiger partial charge in [0.2, 0.25) is 0 Å². The summed E-state index contributed by atoms with van der Waals surface area (Å²) in [7, 11) is 2.01. The van der Waals surface area contributed by atoms with Crippen LogP contribution in [0.5, 0.6) is 0 Å². The second-order valence-electron chi connectivity index (χ2n) is 5.29. The van der Waals surface area contributed by atoms with Crippen LogP contribution in [0.2, 0.25) is 5.02 Å². The van der Waals surface area contributed by atoms with Crippen molar-refractivity contribution in [2.45, 2.75) is 39.5 Å². The van der Waals surface area contributed by atoms with Crippen molar-refractivity contribution in [3.05, 3.63) is 16.4 Å². The number of nitrogens with one attached hydrogen (secondary N) is 1. The summed E-state index contributed by atoms with van der Waals surface area (Å²) in [4.78, 5) is 0. The van der Waals surface area contributed by atoms with Crippen molar-refractivity contribution in [1.29, 1.82) is 0 Å². The maximum absolute atomic E-state index is 6.41. The van der Waals surface area contributed by atoms with E-state index < -0.39 is 0 Å². The maximum Gasteiger partial charge on any atom is 0.0849 e. The zero-order chi connectivity index (χ0) is 13.1. The van der Waals surface area contributed by atoms with Gasteiger partial charge in [-0.1, -0.05) is 25.4 Å². The van der Waals surface area contributed by atoms with E-state index in [1.54, 1.807) is 0 Å². The first kappa shape index (κ1) is 13.9. The standard InChI is InChI=1S/C14H24ClN3/c1-4-12-14(15)13(18(3)17-12)8-10-6-7-11(10)9-16-5-2/h10-11,16H,4-9H2,1-3H3. The summed E-state index contributed by atoms with van der Waals surface area (Å²) in [5, 5.41) is 8.85. The first-order valence-corrected chi connectivity index (χ1v) is 7.46. The summed E-state index contributed by atoms with van der Waals surface area (Å²) in [6, 6.07) is 0. The molecule has 4 heteroatoms. The van der Waals surface area contributed by atoms with Crippen LogP contribution in [0.3, 0.4) is 0 Å². The second-order valence-corrected chi connectivity index (χ2v) is 5.67. The van der Waals surface area contributed by atoms with Crippen LogP contribution in [-0.4, -0.2) is 22.9 Å². The summed E-state index contributed by atoms with van der Waals surface area (Å²) >= 11 is 6.41. The molecular weight excluding hydrogens is 246 g/mol. The van der Waals surface area contributed by atoms with Crippen molar-refractivity contribution in [1.82, 2.24) is 15.1 Å². The molecule has 1 fully saturated rings. The van der Waals surface area contributed by atoms with Crippen LogP contribution in [0.25, 0.3) is 0 Å². The van der Waals surface area contributed by atoms with Gasteiger partial charge in [-0.3, -0.25) is 4.68 Å². The molecule has 102 valence electrons. The predicted octanol–water partition coefficient (Wildman–Crippen LogP) is 2.81. The SMILES string of the molecule is CCNCC1CCC1Cc1c(Cl)c(CC)nn1C. The third kappa shape index (κ3) is 2.72. The molecule has 0 amide bonds. The molecule has 1 heterocycles. The van der Waals surface area contributed by atoms with Gasteiger partial charge >= 0.3 is 0 Å². The smallest absolute Gasteiger partial charge is 0.0849 e. The van der Waals surface area contributed by atoms with Gasteiger partial charge in [0.25, 0.3) is 0 Å². The lowest BCUT2D eigenvalue weighted by Crippen LogP contribution is -2.36. The monoisotopic (exact) mass is 269 g/mol. The highest BCUT2D eigenvalue weighted by Crippen LogP contribution is 2.38. The molecule has 3 nitrogen and oxygen atoms in total. The minimum absolute atomic E-state index is 0.779. The molecule has 0 spiro atoms. The Morgan fingerprint density at radius 2 is 2.06 bits per heavy atom. The summed E-state index contributed by atoms with van der Waals surface area (Å²) in [6.45, 7) is 6.49. The number of rotatable bonds is 6. The molecule has 1 aliphatic rings. The Morgan fingerprint density at radius 3 is 2.56 bits per heavy atom. The van der Waals surface area contributed by atoms with Crippen LogP contribution in [-0.2, 0) is 19.9 Å². The van der Waals surface area contributed by atoms with Crippen molar-refractivity contribution in [3.63, 3.8) is 0 Å². The molecular formula is C14H24ClN3. The normalized spacial score (nSPS) is 23.1. The van der Waals surface area contributed by atoms with Gasteiger partial charge in [0.1, 0.15) is 0 Å². The number of halogens is 1. The van der Waals surface area contributed by atoms with E-state index in [-0.39, 0.29) is 0 Å². The third-order valence-corrected chi connectivity index (χ3v) is 4.63. The molecule has 2 rings (SSSR count). The molecule has 1 aromatic rings. The van der Waals surface area contributed by atoms with Gasteiger partial charge < -0.3 is 5.32 Å². The van der Waals surface area contributed by atoms with Crippen molar-refractivity contribution < 1.29 is 0 Å². The molecule has 0 saturated heterocycles. The van der Waals surface area contributed by atoms with Gasteiger partial charge in [-0.2, -0.15) is 5.10 Å². The lowest BCUT2D eigenvalue weighted by Gasteiger charge is -2.37. The highest BCUT2D eigenvalue weighted by Gasteiger charge is 2.32. The van der Waals surface area contributed by atoms with Gasteiger partial charge in [0, 0.05) is 7.05 Å². The average Bonchev–Trinajstić information content (AvgIpc) is 2.61. The fourth-order valence-electron chi connectivity index (χ4n) is 2.80. The Morgan fingerprint density at radius 1 is 1.33 bits per heavy atom. The Balaban J connectivity index is 1.99. The zero-order valence-electron chi connectivity index (χ0n) is 11.7. The van der Waals surface area contributed by atoms with E-state index in [4.69, 9.17) is 11.6 Å². The number of hydrogen-bond donors (Lipinski definition) is 1. The Labute approximate surface area is 115 Å². The molecule has 0 radical (unpaired) electrons. The van der Waals surface area contributed by atoms with E-state index in [1.807, 2.05) is 11.7 Å². The summed E-state index contributed by atoms with van der Waals surface area (Å²) in [6.07, 6.45) is 4.68. The molecule has 0 aliphatic heterocycles. The maximum atomic E-state index is 6.41. The van der Waals surface area contributed by atoms with Crippen molar-refractivity contribution in [3.8, 4) is 0 Å². The van der Waals surface area contributed by atoms with Crippen LogP contribution in [0, 0.1) is 11.8 Å². The fourth-order valence-corrected chi connectivity index (χ4v) is 3.17. The highest BCUT2D eigenvalue weighted by atomic mass is 35.5. The number of nitrogens with zero attached hydrogens (tertiary/aromatic N) is 2. The van der Waals surface area contributed by atoms with Gasteiger partial charge in [-0.15, -0.1) is 0 Å². The molecule has 1 aliphatic carbocycles. The molecule has 1 N–H and O–H groups in total. The van der Waals surface area contributed by atoms with Crippen LogP contribution in [0.15, 0.2) is 0 Å². The highest BCUT2D eigenvalue weighted by molar-refractivity contribution is 6.31. The van der Waals surface area contributed by atoms with Crippen LogP contribution in [0.1, 0.15) is 38.1 Å². The fraction of sp³-hybridized carbons (Fsp3) is 0.786. The van der Waals surface area contributed by atoms with Crippen molar-refractivity contribution in [2.75, 3.05) is 13.1 Å². The first-order chi connectivity index (χ1) is 8.67. The number of aromatic nitrogens is 2. The van der Waals surface area contributed by atoms with E-state index >= 15 is 0 Å². The van der Waals surface area contributed by atoms with Crippen molar-refractivity contribution >= 4 is 11.6 Å². The van der Waals surface area contributed by atoms with Gasteiger partial charge in [-0.25, -0.2) is 0 Å². The summed E-state index contributed by atoms with van der Waals surface area (Å²) in [5.41, 5.74) is 2.26. The number of hydrogen-bond acceptors (Lipinski definition) is 2. The summed E-state index contributed by atoms with van der Waals surface area (Å²) < 4.78 is 1.98. The molecule has 0 bridgehead atoms. The predicted molar refractivity (Wildman–Crippen MR) is 76.1 cm³/mol. The second kappa shape index (κ2) is 6.07. The van der Waals surface area contributed by atoms with E-state index in [9.17, 15) is 0 Å². The Kier molecular flexibility index (Phi) is 4.68. The van der Waals surface area contributed by atoms with E-state index in [2.05, 4.69) is 24.3 Å². The molecule has 0 aromatic carbocycles. The molecule has 2 atom stereocenters. The third-order valence-electron chi connectivity index (χ3n) is 4.19. The lowest BCUT2D eigenvalue weighted by molar-refractivity contribution is 0.169. The first-order valence-electron chi connectivity index (χ1n) is 7.08. The summed E-state index contributed by atoms with van der Waals surface area (Å²) in [5.74, 6) is 1.60. The minimum Gasteiger partial charge on any atom is -0.317 e. The van der Waals surface area contributed by atoms with E-state index in [0.29, 0.717) is 0 Å². The van der Waals surface area contributed by atoms with Crippen molar-refractivity contribution in [2.24, 2.45) is 18.9 Å². The zero-order valence-corrected chi connectivity index (χ0v) is 12.4. The van der Waals surface area contributed by atoms with E-state index in [1.165, 1.54) is 18.5 Å². The quantitative estimate of drug-likeness (QED) is 0.861. The van der Waals surface area contributed by atoms with Crippen LogP contribution in [0.4, 0.5) is 0 Å². The van der Waals surface area contributed by atoms with E-state index in [0.717, 1.165) is 48.5 Å². The minimum atomic E-state index is 0.779. The van der Waals surface area contributed by atoms with Crippen LogP contribution >= 0.6 is 11.6 Å². The van der Waals surface area contributed by atoms with Gasteiger partial charge in [0.05, 0.1) is 16.4 Å². The average molecular weight is 270 g/mol. The van der Waals surface area contributed by atoms with Gasteiger partial charge in [0.15, 0.2) is 0 Å². The molecule has 18 heavy (non-hydrogen) atoms. The molecule has 2 unspecified atom stereocenters. The Hall–Kier alpha value is -0.540. The number of aryl methyl sites for hydroxylation is 2. The van der Waals surface area contributed by atoms with Crippen LogP contribution < -0.4 is 5.32 Å². The topological polar surface area (TPSA) is 29.9 Å². The molecule has 1 saturated carbocycles. The largest absolute Gasteiger partial charge is 0.317 e. The Bertz CT molecular complexity index is 400. The molecule has 1 aromatic heterocycles. The lowest BCUT2D eigenvalue weighted by atomic mass is 9.71. The van der Waals surface area contributed by atoms with Gasteiger partial charge in [-0.05, 0) is 50.6 Å².